The zero-order valence-electron chi connectivity index (χ0n) is 8.49. The first-order valence-corrected chi connectivity index (χ1v) is 6.14. The third-order valence-corrected chi connectivity index (χ3v) is 3.41. The maximum absolute atomic E-state index is 5.84. The second-order valence-electron chi connectivity index (χ2n) is 3.28. The van der Waals surface area contributed by atoms with Crippen LogP contribution in [0.15, 0.2) is 4.99 Å². The average molecular weight is 201 g/mol. The van der Waals surface area contributed by atoms with E-state index in [1.807, 2.05) is 18.7 Å². The molecular weight excluding hydrogens is 182 g/mol. The number of rotatable bonds is 2. The van der Waals surface area contributed by atoms with E-state index in [-0.39, 0.29) is 0 Å². The average Bonchev–Trinajstić information content (AvgIpc) is 2.18. The lowest BCUT2D eigenvalue weighted by Crippen LogP contribution is -2.45. The number of hydrogen-bond donors (Lipinski definition) is 1. The number of aliphatic imine (C=N–C) groups is 1. The van der Waals surface area contributed by atoms with Gasteiger partial charge in [0.15, 0.2) is 5.96 Å². The SMILES string of the molecule is CCN=C(N)N1CCCC(SC)C1. The van der Waals surface area contributed by atoms with Crippen molar-refractivity contribution in [3.05, 3.63) is 0 Å². The molecule has 1 fully saturated rings. The Labute approximate surface area is 84.8 Å². The molecule has 0 aromatic carbocycles. The Balaban J connectivity index is 2.46. The third kappa shape index (κ3) is 3.10. The van der Waals surface area contributed by atoms with E-state index in [1.165, 1.54) is 12.8 Å². The molecule has 2 N–H and O–H groups in total. The summed E-state index contributed by atoms with van der Waals surface area (Å²) >= 11 is 1.93. The van der Waals surface area contributed by atoms with Crippen molar-refractivity contribution in [3.8, 4) is 0 Å². The van der Waals surface area contributed by atoms with E-state index in [2.05, 4.69) is 16.1 Å². The summed E-state index contributed by atoms with van der Waals surface area (Å²) in [5.41, 5.74) is 5.84. The highest BCUT2D eigenvalue weighted by atomic mass is 32.2. The molecule has 0 radical (unpaired) electrons. The molecule has 0 spiro atoms. The predicted octanol–water partition coefficient (Wildman–Crippen LogP) is 1.15. The van der Waals surface area contributed by atoms with Gasteiger partial charge >= 0.3 is 0 Å². The van der Waals surface area contributed by atoms with Crippen LogP contribution in [0.2, 0.25) is 0 Å². The van der Waals surface area contributed by atoms with Crippen LogP contribution in [-0.2, 0) is 0 Å². The molecule has 3 nitrogen and oxygen atoms in total. The standard InChI is InChI=1S/C9H19N3S/c1-3-11-9(10)12-6-4-5-8(7-12)13-2/h8H,3-7H2,1-2H3,(H2,10,11). The number of hydrogen-bond acceptors (Lipinski definition) is 2. The molecule has 13 heavy (non-hydrogen) atoms. The summed E-state index contributed by atoms with van der Waals surface area (Å²) < 4.78 is 0. The molecule has 0 aromatic heterocycles. The van der Waals surface area contributed by atoms with Crippen LogP contribution in [-0.4, -0.2) is 42.0 Å². The fraction of sp³-hybridized carbons (Fsp3) is 0.889. The van der Waals surface area contributed by atoms with Gasteiger partial charge in [-0.3, -0.25) is 4.99 Å². The van der Waals surface area contributed by atoms with Crippen molar-refractivity contribution < 1.29 is 0 Å². The van der Waals surface area contributed by atoms with Crippen molar-refractivity contribution in [2.75, 3.05) is 25.9 Å². The van der Waals surface area contributed by atoms with Gasteiger partial charge in [0.05, 0.1) is 0 Å². The highest BCUT2D eigenvalue weighted by molar-refractivity contribution is 7.99. The van der Waals surface area contributed by atoms with E-state index >= 15 is 0 Å². The zero-order chi connectivity index (χ0) is 9.68. The van der Waals surface area contributed by atoms with Gasteiger partial charge in [-0.2, -0.15) is 11.8 Å². The van der Waals surface area contributed by atoms with Gasteiger partial charge in [-0.15, -0.1) is 0 Å². The molecule has 1 aliphatic heterocycles. The normalized spacial score (nSPS) is 24.9. The van der Waals surface area contributed by atoms with Crippen molar-refractivity contribution >= 4 is 17.7 Å². The van der Waals surface area contributed by atoms with Crippen molar-refractivity contribution in [2.45, 2.75) is 25.0 Å². The summed E-state index contributed by atoms with van der Waals surface area (Å²) in [6, 6.07) is 0. The fourth-order valence-corrected chi connectivity index (χ4v) is 2.33. The minimum absolute atomic E-state index is 0.723. The lowest BCUT2D eigenvalue weighted by Gasteiger charge is -2.32. The van der Waals surface area contributed by atoms with Crippen LogP contribution >= 0.6 is 11.8 Å². The highest BCUT2D eigenvalue weighted by Crippen LogP contribution is 2.19. The van der Waals surface area contributed by atoms with E-state index in [0.717, 1.165) is 30.8 Å². The van der Waals surface area contributed by atoms with Gasteiger partial charge in [0, 0.05) is 24.9 Å². The molecule has 76 valence electrons. The smallest absolute Gasteiger partial charge is 0.191 e. The molecular formula is C9H19N3S. The Morgan fingerprint density at radius 3 is 3.08 bits per heavy atom. The summed E-state index contributed by atoms with van der Waals surface area (Å²) in [6.07, 6.45) is 4.73. The number of nitrogens with two attached hydrogens (primary N) is 1. The van der Waals surface area contributed by atoms with Crippen LogP contribution in [0, 0.1) is 0 Å². The van der Waals surface area contributed by atoms with E-state index in [9.17, 15) is 0 Å². The first-order valence-electron chi connectivity index (χ1n) is 4.85. The molecule has 1 atom stereocenters. The first-order chi connectivity index (χ1) is 6.27. The second-order valence-corrected chi connectivity index (χ2v) is 4.42. The van der Waals surface area contributed by atoms with Gasteiger partial charge in [0.2, 0.25) is 0 Å². The zero-order valence-corrected chi connectivity index (χ0v) is 9.31. The second kappa shape index (κ2) is 5.37. The quantitative estimate of drug-likeness (QED) is 0.538. The van der Waals surface area contributed by atoms with Crippen molar-refractivity contribution in [1.29, 1.82) is 0 Å². The van der Waals surface area contributed by atoms with Gasteiger partial charge in [-0.25, -0.2) is 0 Å². The number of likely N-dealkylation sites (tertiary alicyclic amines) is 1. The fourth-order valence-electron chi connectivity index (χ4n) is 1.60. The molecule has 1 rings (SSSR count). The van der Waals surface area contributed by atoms with Gasteiger partial charge in [-0.1, -0.05) is 0 Å². The molecule has 4 heteroatoms. The molecule has 1 heterocycles. The molecule has 0 aliphatic carbocycles. The third-order valence-electron chi connectivity index (χ3n) is 2.36. The monoisotopic (exact) mass is 201 g/mol. The Morgan fingerprint density at radius 2 is 2.46 bits per heavy atom. The van der Waals surface area contributed by atoms with Crippen LogP contribution in [0.1, 0.15) is 19.8 Å². The molecule has 0 amide bonds. The van der Waals surface area contributed by atoms with Crippen molar-refractivity contribution in [3.63, 3.8) is 0 Å². The van der Waals surface area contributed by atoms with Crippen molar-refractivity contribution in [1.82, 2.24) is 4.90 Å². The maximum atomic E-state index is 5.84. The largest absolute Gasteiger partial charge is 0.370 e. The molecule has 0 saturated carbocycles. The highest BCUT2D eigenvalue weighted by Gasteiger charge is 2.19. The summed E-state index contributed by atoms with van der Waals surface area (Å²) in [7, 11) is 0. The number of thioether (sulfide) groups is 1. The van der Waals surface area contributed by atoms with Gasteiger partial charge < -0.3 is 10.6 Å². The van der Waals surface area contributed by atoms with Crippen LogP contribution in [0.3, 0.4) is 0 Å². The van der Waals surface area contributed by atoms with Gasteiger partial charge in [-0.05, 0) is 26.0 Å². The first kappa shape index (κ1) is 10.7. The predicted molar refractivity (Wildman–Crippen MR) is 60.3 cm³/mol. The van der Waals surface area contributed by atoms with Crippen LogP contribution in [0.5, 0.6) is 0 Å². The Morgan fingerprint density at radius 1 is 1.69 bits per heavy atom. The summed E-state index contributed by atoms with van der Waals surface area (Å²) in [5.74, 6) is 0.723. The van der Waals surface area contributed by atoms with E-state index in [4.69, 9.17) is 5.73 Å². The topological polar surface area (TPSA) is 41.6 Å². The number of guanidine groups is 1. The lowest BCUT2D eigenvalue weighted by atomic mass is 10.1. The summed E-state index contributed by atoms with van der Waals surface area (Å²) in [4.78, 5) is 6.43. The number of piperidine rings is 1. The molecule has 1 aliphatic rings. The molecule has 1 saturated heterocycles. The maximum Gasteiger partial charge on any atom is 0.191 e. The Hall–Kier alpha value is -0.380. The van der Waals surface area contributed by atoms with Crippen molar-refractivity contribution in [2.24, 2.45) is 10.7 Å². The Bertz CT molecular complexity index is 182. The van der Waals surface area contributed by atoms with E-state index in [1.54, 1.807) is 0 Å². The van der Waals surface area contributed by atoms with Crippen LogP contribution in [0.4, 0.5) is 0 Å². The Kier molecular flexibility index (Phi) is 4.42. The summed E-state index contributed by atoms with van der Waals surface area (Å²) in [6.45, 7) is 4.94. The summed E-state index contributed by atoms with van der Waals surface area (Å²) in [5, 5.41) is 0.736. The molecule has 0 aromatic rings. The lowest BCUT2D eigenvalue weighted by molar-refractivity contribution is 0.346. The minimum atomic E-state index is 0.723. The van der Waals surface area contributed by atoms with Gasteiger partial charge in [0.1, 0.15) is 0 Å². The number of nitrogens with zero attached hydrogens (tertiary/aromatic N) is 2. The van der Waals surface area contributed by atoms with Crippen LogP contribution in [0.25, 0.3) is 0 Å². The van der Waals surface area contributed by atoms with E-state index < -0.39 is 0 Å². The minimum Gasteiger partial charge on any atom is -0.370 e. The van der Waals surface area contributed by atoms with E-state index in [0.29, 0.717) is 0 Å². The molecule has 1 unspecified atom stereocenters. The van der Waals surface area contributed by atoms with Gasteiger partial charge in [0.25, 0.3) is 0 Å². The molecule has 0 bridgehead atoms. The van der Waals surface area contributed by atoms with Crippen LogP contribution < -0.4 is 5.73 Å².